The van der Waals surface area contributed by atoms with Crippen molar-refractivity contribution in [3.63, 3.8) is 0 Å². The van der Waals surface area contributed by atoms with Crippen molar-refractivity contribution in [2.24, 2.45) is 0 Å². The van der Waals surface area contributed by atoms with Crippen molar-refractivity contribution in [1.82, 2.24) is 5.32 Å². The Bertz CT molecular complexity index is 461. The Hall–Kier alpha value is -1.05. The molecule has 1 saturated heterocycles. The van der Waals surface area contributed by atoms with Crippen molar-refractivity contribution < 1.29 is 4.39 Å². The number of nitrogens with zero attached hydrogens (tertiary/aromatic N) is 1. The van der Waals surface area contributed by atoms with Gasteiger partial charge in [0.15, 0.2) is 0 Å². The molecule has 96 valence electrons. The summed E-state index contributed by atoms with van der Waals surface area (Å²) in [7, 11) is 0. The third-order valence-corrected chi connectivity index (χ3v) is 4.84. The van der Waals surface area contributed by atoms with Gasteiger partial charge in [0, 0.05) is 23.4 Å². The lowest BCUT2D eigenvalue weighted by Gasteiger charge is -2.23. The number of nitriles is 1. The molecule has 0 radical (unpaired) electrons. The van der Waals surface area contributed by atoms with Crippen LogP contribution in [-0.4, -0.2) is 17.0 Å². The summed E-state index contributed by atoms with van der Waals surface area (Å²) in [4.78, 5) is 0. The first-order chi connectivity index (χ1) is 8.63. The molecule has 1 aromatic rings. The number of hydrogen-bond acceptors (Lipinski definition) is 3. The highest BCUT2D eigenvalue weighted by atomic mass is 32.2. The second kappa shape index (κ2) is 5.73. The molecule has 1 aliphatic heterocycles. The van der Waals surface area contributed by atoms with E-state index in [1.165, 1.54) is 24.7 Å². The quantitative estimate of drug-likeness (QED) is 0.908. The largest absolute Gasteiger partial charge is 0.311 e. The molecule has 0 aromatic heterocycles. The molecule has 2 rings (SSSR count). The smallest absolute Gasteiger partial charge is 0.129 e. The highest BCUT2D eigenvalue weighted by Crippen LogP contribution is 2.36. The van der Waals surface area contributed by atoms with Crippen molar-refractivity contribution in [2.45, 2.75) is 31.1 Å². The van der Waals surface area contributed by atoms with E-state index in [1.807, 2.05) is 17.8 Å². The number of nitrogens with one attached hydrogen (secondary N) is 1. The summed E-state index contributed by atoms with van der Waals surface area (Å²) < 4.78 is 13.9. The number of thioether (sulfide) groups is 1. The van der Waals surface area contributed by atoms with Gasteiger partial charge in [-0.15, -0.1) is 0 Å². The minimum absolute atomic E-state index is 0.295. The second-order valence-electron chi connectivity index (χ2n) is 4.92. The van der Waals surface area contributed by atoms with E-state index in [4.69, 9.17) is 5.26 Å². The minimum Gasteiger partial charge on any atom is -0.311 e. The van der Waals surface area contributed by atoms with Crippen molar-refractivity contribution in [1.29, 1.82) is 5.26 Å². The molecule has 0 amide bonds. The van der Waals surface area contributed by atoms with Crippen molar-refractivity contribution >= 4 is 11.8 Å². The predicted molar refractivity (Wildman–Crippen MR) is 72.9 cm³/mol. The normalized spacial score (nSPS) is 22.9. The molecule has 0 bridgehead atoms. The number of rotatable bonds is 4. The molecule has 4 heteroatoms. The van der Waals surface area contributed by atoms with Crippen LogP contribution >= 0.6 is 11.8 Å². The maximum Gasteiger partial charge on any atom is 0.129 e. The Kier molecular flexibility index (Phi) is 4.26. The standard InChI is InChI=1S/C14H17FN2S/c1-14(5-2-6-18-14)10-17-9-12-4-3-11(8-16)7-13(12)15/h3-4,7,17H,2,5-6,9-10H2,1H3. The van der Waals surface area contributed by atoms with Gasteiger partial charge >= 0.3 is 0 Å². The summed E-state index contributed by atoms with van der Waals surface area (Å²) in [6.07, 6.45) is 2.49. The summed E-state index contributed by atoms with van der Waals surface area (Å²) in [5, 5.41) is 12.0. The van der Waals surface area contributed by atoms with Gasteiger partial charge in [0.2, 0.25) is 0 Å². The fourth-order valence-corrected chi connectivity index (χ4v) is 3.47. The number of benzene rings is 1. The highest BCUT2D eigenvalue weighted by Gasteiger charge is 2.28. The number of halogens is 1. The van der Waals surface area contributed by atoms with Crippen LogP contribution in [-0.2, 0) is 6.54 Å². The van der Waals surface area contributed by atoms with Crippen LogP contribution in [0.4, 0.5) is 4.39 Å². The van der Waals surface area contributed by atoms with Crippen molar-refractivity contribution in [3.8, 4) is 6.07 Å². The van der Waals surface area contributed by atoms with Gasteiger partial charge in [-0.25, -0.2) is 4.39 Å². The van der Waals surface area contributed by atoms with Crippen LogP contribution in [0.3, 0.4) is 0 Å². The van der Waals surface area contributed by atoms with E-state index in [2.05, 4.69) is 12.2 Å². The summed E-state index contributed by atoms with van der Waals surface area (Å²) in [5.74, 6) is 0.925. The first kappa shape index (κ1) is 13.4. The van der Waals surface area contributed by atoms with Gasteiger partial charge in [0.25, 0.3) is 0 Å². The van der Waals surface area contributed by atoms with E-state index in [0.717, 1.165) is 6.54 Å². The van der Waals surface area contributed by atoms with Crippen molar-refractivity contribution in [3.05, 3.63) is 35.1 Å². The van der Waals surface area contributed by atoms with Crippen LogP contribution in [0.25, 0.3) is 0 Å². The highest BCUT2D eigenvalue weighted by molar-refractivity contribution is 8.00. The van der Waals surface area contributed by atoms with E-state index in [9.17, 15) is 4.39 Å². The Morgan fingerprint density at radius 1 is 1.56 bits per heavy atom. The lowest BCUT2D eigenvalue weighted by molar-refractivity contribution is 0.524. The lowest BCUT2D eigenvalue weighted by atomic mass is 10.1. The lowest BCUT2D eigenvalue weighted by Crippen LogP contribution is -2.32. The van der Waals surface area contributed by atoms with Gasteiger partial charge in [-0.05, 0) is 37.7 Å². The minimum atomic E-state index is -0.300. The zero-order valence-corrected chi connectivity index (χ0v) is 11.3. The fraction of sp³-hybridized carbons (Fsp3) is 0.500. The maximum absolute atomic E-state index is 13.6. The van der Waals surface area contributed by atoms with Crippen LogP contribution in [0.1, 0.15) is 30.9 Å². The third kappa shape index (κ3) is 3.24. The monoisotopic (exact) mass is 264 g/mol. The van der Waals surface area contributed by atoms with E-state index in [1.54, 1.807) is 12.1 Å². The maximum atomic E-state index is 13.6. The molecule has 1 unspecified atom stereocenters. The molecule has 1 aromatic carbocycles. The Morgan fingerprint density at radius 3 is 3.00 bits per heavy atom. The average Bonchev–Trinajstić information content (AvgIpc) is 2.78. The van der Waals surface area contributed by atoms with Gasteiger partial charge in [-0.1, -0.05) is 6.07 Å². The molecular weight excluding hydrogens is 247 g/mol. The van der Waals surface area contributed by atoms with Crippen LogP contribution in [0, 0.1) is 17.1 Å². The van der Waals surface area contributed by atoms with E-state index < -0.39 is 0 Å². The van der Waals surface area contributed by atoms with Gasteiger partial charge in [-0.3, -0.25) is 0 Å². The molecule has 1 N–H and O–H groups in total. The molecule has 1 heterocycles. The van der Waals surface area contributed by atoms with Crippen LogP contribution in [0.5, 0.6) is 0 Å². The Labute approximate surface area is 112 Å². The summed E-state index contributed by atoms with van der Waals surface area (Å²) >= 11 is 1.99. The van der Waals surface area contributed by atoms with Gasteiger partial charge in [-0.2, -0.15) is 17.0 Å². The van der Waals surface area contributed by atoms with E-state index in [-0.39, 0.29) is 5.82 Å². The second-order valence-corrected chi connectivity index (χ2v) is 6.61. The fourth-order valence-electron chi connectivity index (χ4n) is 2.20. The third-order valence-electron chi connectivity index (χ3n) is 3.30. The summed E-state index contributed by atoms with van der Waals surface area (Å²) in [6, 6.07) is 6.58. The first-order valence-electron chi connectivity index (χ1n) is 6.16. The predicted octanol–water partition coefficient (Wildman–Crippen LogP) is 3.07. The zero-order valence-electron chi connectivity index (χ0n) is 10.5. The molecule has 2 nitrogen and oxygen atoms in total. The molecule has 18 heavy (non-hydrogen) atoms. The van der Waals surface area contributed by atoms with Crippen molar-refractivity contribution in [2.75, 3.05) is 12.3 Å². The van der Waals surface area contributed by atoms with Gasteiger partial charge in [0.05, 0.1) is 11.6 Å². The molecule has 1 aliphatic rings. The van der Waals surface area contributed by atoms with E-state index in [0.29, 0.717) is 22.4 Å². The molecule has 0 spiro atoms. The summed E-state index contributed by atoms with van der Waals surface area (Å²) in [5.41, 5.74) is 0.996. The van der Waals surface area contributed by atoms with Crippen LogP contribution in [0.15, 0.2) is 18.2 Å². The number of hydrogen-bond donors (Lipinski definition) is 1. The zero-order chi connectivity index (χ0) is 13.0. The average molecular weight is 264 g/mol. The molecule has 0 saturated carbocycles. The Morgan fingerprint density at radius 2 is 2.39 bits per heavy atom. The summed E-state index contributed by atoms with van der Waals surface area (Å²) in [6.45, 7) is 3.68. The molecule has 1 fully saturated rings. The first-order valence-corrected chi connectivity index (χ1v) is 7.15. The Balaban J connectivity index is 1.89. The molecule has 1 atom stereocenters. The molecular formula is C14H17FN2S. The van der Waals surface area contributed by atoms with Gasteiger partial charge < -0.3 is 5.32 Å². The SMILES string of the molecule is CC1(CNCc2ccc(C#N)cc2F)CCCS1. The van der Waals surface area contributed by atoms with Crippen LogP contribution < -0.4 is 5.32 Å². The van der Waals surface area contributed by atoms with Gasteiger partial charge in [0.1, 0.15) is 5.82 Å². The van der Waals surface area contributed by atoms with Crippen LogP contribution in [0.2, 0.25) is 0 Å². The van der Waals surface area contributed by atoms with E-state index >= 15 is 0 Å². The molecule has 0 aliphatic carbocycles. The topological polar surface area (TPSA) is 35.8 Å².